The van der Waals surface area contributed by atoms with Crippen molar-refractivity contribution >= 4 is 12.1 Å². The van der Waals surface area contributed by atoms with Crippen molar-refractivity contribution < 1.29 is 19.4 Å². The van der Waals surface area contributed by atoms with Gasteiger partial charge in [0.15, 0.2) is 0 Å². The Kier molecular flexibility index (Phi) is 3.92. The number of carboxylic acid groups (broad SMARTS) is 1. The molecule has 1 aromatic rings. The molecular formula is C21H26N2O4. The lowest BCUT2D eigenvalue weighted by Gasteiger charge is -2.57. The molecule has 0 aromatic carbocycles. The van der Waals surface area contributed by atoms with Gasteiger partial charge < -0.3 is 9.84 Å². The topological polar surface area (TPSA) is 79.7 Å². The predicted octanol–water partition coefficient (Wildman–Crippen LogP) is 3.63. The number of amides is 1. The lowest BCUT2D eigenvalue weighted by molar-refractivity contribution is -0.179. The van der Waals surface area contributed by atoms with E-state index in [4.69, 9.17) is 4.74 Å². The molecule has 6 heteroatoms. The first-order valence-corrected chi connectivity index (χ1v) is 10.2. The van der Waals surface area contributed by atoms with Gasteiger partial charge in [0.05, 0.1) is 17.2 Å². The minimum Gasteiger partial charge on any atom is -0.481 e. The normalized spacial score (nSPS) is 39.6. The average Bonchev–Trinajstić information content (AvgIpc) is 3.14. The van der Waals surface area contributed by atoms with Gasteiger partial charge in [-0.15, -0.1) is 0 Å². The molecule has 0 radical (unpaired) electrons. The molecular weight excluding hydrogens is 344 g/mol. The molecule has 5 aliphatic rings. The van der Waals surface area contributed by atoms with Crippen molar-refractivity contribution in [3.8, 4) is 0 Å². The van der Waals surface area contributed by atoms with E-state index in [1.165, 1.54) is 0 Å². The van der Waals surface area contributed by atoms with Gasteiger partial charge in [-0.25, -0.2) is 4.79 Å². The van der Waals surface area contributed by atoms with E-state index in [9.17, 15) is 14.7 Å². The first kappa shape index (κ1) is 17.0. The molecule has 27 heavy (non-hydrogen) atoms. The lowest BCUT2D eigenvalue weighted by Crippen LogP contribution is -2.57. The number of hydrogen-bond donors (Lipinski definition) is 1. The van der Waals surface area contributed by atoms with E-state index in [1.807, 2.05) is 23.1 Å². The number of carbonyl (C=O) groups excluding carboxylic acids is 1. The van der Waals surface area contributed by atoms with E-state index >= 15 is 0 Å². The highest BCUT2D eigenvalue weighted by atomic mass is 16.6. The van der Waals surface area contributed by atoms with Gasteiger partial charge in [0.2, 0.25) is 0 Å². The average molecular weight is 370 g/mol. The molecule has 1 aliphatic heterocycles. The van der Waals surface area contributed by atoms with Crippen LogP contribution < -0.4 is 0 Å². The van der Waals surface area contributed by atoms with Crippen molar-refractivity contribution in [1.82, 2.24) is 9.88 Å². The van der Waals surface area contributed by atoms with Crippen molar-refractivity contribution in [3.05, 3.63) is 30.1 Å². The second-order valence-electron chi connectivity index (χ2n) is 9.01. The van der Waals surface area contributed by atoms with Crippen LogP contribution in [0.15, 0.2) is 24.4 Å². The van der Waals surface area contributed by atoms with Crippen LogP contribution in [0.2, 0.25) is 0 Å². The van der Waals surface area contributed by atoms with Gasteiger partial charge in [0.1, 0.15) is 6.10 Å². The van der Waals surface area contributed by atoms with Crippen molar-refractivity contribution in [2.45, 2.75) is 57.1 Å². The summed E-state index contributed by atoms with van der Waals surface area (Å²) in [5.74, 6) is 0.238. The minimum atomic E-state index is -0.651. The van der Waals surface area contributed by atoms with E-state index in [-0.39, 0.29) is 30.1 Å². The number of ether oxygens (including phenoxy) is 1. The number of carboxylic acids is 1. The fourth-order valence-electron chi connectivity index (χ4n) is 6.48. The van der Waals surface area contributed by atoms with Crippen LogP contribution in [0, 0.1) is 23.2 Å². The quantitative estimate of drug-likeness (QED) is 0.879. The molecule has 5 fully saturated rings. The monoisotopic (exact) mass is 370 g/mol. The molecule has 2 heterocycles. The fourth-order valence-corrected chi connectivity index (χ4v) is 6.48. The Morgan fingerprint density at radius 1 is 1.19 bits per heavy atom. The van der Waals surface area contributed by atoms with Gasteiger partial charge in [-0.2, -0.15) is 0 Å². The van der Waals surface area contributed by atoms with Gasteiger partial charge in [0, 0.05) is 12.7 Å². The van der Waals surface area contributed by atoms with Gasteiger partial charge in [-0.3, -0.25) is 14.7 Å². The SMILES string of the molecule is O=C(O[C@@H]1C2CC3C[C@H]1C[C@@](C(=O)O)(C3)C2)N1CCCC1c1ccccn1. The zero-order chi connectivity index (χ0) is 18.6. The molecule has 6 rings (SSSR count). The molecule has 6 nitrogen and oxygen atoms in total. The van der Waals surface area contributed by atoms with Crippen LogP contribution in [0.5, 0.6) is 0 Å². The highest BCUT2D eigenvalue weighted by Crippen LogP contribution is 2.61. The summed E-state index contributed by atoms with van der Waals surface area (Å²) in [6.45, 7) is 0.698. The number of aliphatic carboxylic acids is 1. The molecule has 1 aromatic heterocycles. The van der Waals surface area contributed by atoms with Gasteiger partial charge in [-0.05, 0) is 74.8 Å². The van der Waals surface area contributed by atoms with E-state index in [0.29, 0.717) is 25.3 Å². The zero-order valence-corrected chi connectivity index (χ0v) is 15.4. The van der Waals surface area contributed by atoms with E-state index in [0.717, 1.165) is 37.8 Å². The highest BCUT2D eigenvalue weighted by Gasteiger charge is 2.60. The molecule has 4 bridgehead atoms. The maximum Gasteiger partial charge on any atom is 0.410 e. The molecule has 6 atom stereocenters. The first-order valence-electron chi connectivity index (χ1n) is 10.2. The highest BCUT2D eigenvalue weighted by molar-refractivity contribution is 5.75. The minimum absolute atomic E-state index is 0.0131. The Bertz CT molecular complexity index is 736. The van der Waals surface area contributed by atoms with E-state index < -0.39 is 11.4 Å². The lowest BCUT2D eigenvalue weighted by atomic mass is 9.48. The number of likely N-dealkylation sites (tertiary alicyclic amines) is 1. The standard InChI is InChI=1S/C21H26N2O4/c24-19(25)21-10-13-8-14(11-21)18(15(9-13)12-21)27-20(26)23-7-3-5-17(23)16-4-1-2-6-22-16/h1-2,4,6,13-15,17-18H,3,5,7-12H2,(H,24,25)/t13?,14-,15?,17?,18-,21-/m0/s1. The smallest absolute Gasteiger partial charge is 0.410 e. The maximum atomic E-state index is 13.0. The maximum absolute atomic E-state index is 13.0. The summed E-state index contributed by atoms with van der Waals surface area (Å²) in [5.41, 5.74) is 0.352. The van der Waals surface area contributed by atoms with Crippen molar-refractivity contribution in [1.29, 1.82) is 0 Å². The van der Waals surface area contributed by atoms with Crippen molar-refractivity contribution in [2.24, 2.45) is 23.2 Å². The van der Waals surface area contributed by atoms with Gasteiger partial charge in [0.25, 0.3) is 0 Å². The van der Waals surface area contributed by atoms with E-state index in [2.05, 4.69) is 4.98 Å². The Morgan fingerprint density at radius 3 is 2.63 bits per heavy atom. The Hall–Kier alpha value is -2.11. The summed E-state index contributed by atoms with van der Waals surface area (Å²) < 4.78 is 6.05. The van der Waals surface area contributed by atoms with Crippen molar-refractivity contribution in [3.63, 3.8) is 0 Å². The molecule has 3 unspecified atom stereocenters. The number of nitrogens with zero attached hydrogens (tertiary/aromatic N) is 2. The Labute approximate surface area is 158 Å². The summed E-state index contributed by atoms with van der Waals surface area (Å²) >= 11 is 0. The van der Waals surface area contributed by atoms with Crippen LogP contribution in [0.1, 0.15) is 56.7 Å². The molecule has 4 saturated carbocycles. The molecule has 1 saturated heterocycles. The van der Waals surface area contributed by atoms with E-state index in [1.54, 1.807) is 6.20 Å². The summed E-state index contributed by atoms with van der Waals surface area (Å²) in [6, 6.07) is 5.79. The Balaban J connectivity index is 1.31. The summed E-state index contributed by atoms with van der Waals surface area (Å²) in [7, 11) is 0. The zero-order valence-electron chi connectivity index (χ0n) is 15.4. The molecule has 1 N–H and O–H groups in total. The third kappa shape index (κ3) is 2.72. The van der Waals surface area contributed by atoms with Gasteiger partial charge >= 0.3 is 12.1 Å². The molecule has 4 aliphatic carbocycles. The van der Waals surface area contributed by atoms with Gasteiger partial charge in [-0.1, -0.05) is 6.07 Å². The second kappa shape index (κ2) is 6.21. The number of aromatic nitrogens is 1. The predicted molar refractivity (Wildman–Crippen MR) is 96.8 cm³/mol. The molecule has 144 valence electrons. The third-order valence-electron chi connectivity index (χ3n) is 7.39. The summed E-state index contributed by atoms with van der Waals surface area (Å²) in [5, 5.41) is 9.76. The molecule has 1 amide bonds. The van der Waals surface area contributed by atoms with Crippen LogP contribution in [-0.4, -0.2) is 39.7 Å². The second-order valence-corrected chi connectivity index (χ2v) is 9.01. The first-order chi connectivity index (χ1) is 13.1. The third-order valence-corrected chi connectivity index (χ3v) is 7.39. The van der Waals surface area contributed by atoms with Crippen LogP contribution in [0.25, 0.3) is 0 Å². The van der Waals surface area contributed by atoms with Crippen LogP contribution in [0.3, 0.4) is 0 Å². The van der Waals surface area contributed by atoms with Crippen LogP contribution in [0.4, 0.5) is 4.79 Å². The molecule has 0 spiro atoms. The number of rotatable bonds is 3. The largest absolute Gasteiger partial charge is 0.481 e. The van der Waals surface area contributed by atoms with Crippen LogP contribution in [-0.2, 0) is 9.53 Å². The van der Waals surface area contributed by atoms with Crippen molar-refractivity contribution in [2.75, 3.05) is 6.54 Å². The number of hydrogen-bond acceptors (Lipinski definition) is 4. The van der Waals surface area contributed by atoms with Crippen LogP contribution >= 0.6 is 0 Å². The number of pyridine rings is 1. The summed E-state index contributed by atoms with van der Waals surface area (Å²) in [6.07, 6.45) is 7.42. The Morgan fingerprint density at radius 2 is 1.96 bits per heavy atom. The summed E-state index contributed by atoms with van der Waals surface area (Å²) in [4.78, 5) is 31.1. The fraction of sp³-hybridized carbons (Fsp3) is 0.667. The number of carbonyl (C=O) groups is 2.